The predicted octanol–water partition coefficient (Wildman–Crippen LogP) is 2.95. The van der Waals surface area contributed by atoms with Gasteiger partial charge in [-0.3, -0.25) is 14.9 Å². The molecule has 0 unspecified atom stereocenters. The van der Waals surface area contributed by atoms with Crippen LogP contribution in [-0.4, -0.2) is 21.1 Å². The summed E-state index contributed by atoms with van der Waals surface area (Å²) in [5, 5.41) is 12.1. The summed E-state index contributed by atoms with van der Waals surface area (Å²) in [6.07, 6.45) is 5.94. The summed E-state index contributed by atoms with van der Waals surface area (Å²) in [6.45, 7) is 0. The van der Waals surface area contributed by atoms with Crippen molar-refractivity contribution in [3.8, 4) is 0 Å². The molecule has 4 rings (SSSR count). The zero-order chi connectivity index (χ0) is 17.9. The second-order valence-corrected chi connectivity index (χ2v) is 7.18. The van der Waals surface area contributed by atoms with Gasteiger partial charge in [0.25, 0.3) is 11.5 Å². The first-order valence-corrected chi connectivity index (χ1v) is 9.48. The summed E-state index contributed by atoms with van der Waals surface area (Å²) in [6, 6.07) is 7.48. The SMILES string of the molecule is O=C(Nc1nccs1)c1ccccc1Cc1n[nH]c(=O)c2c1CCCC2. The number of anilines is 1. The molecule has 0 spiro atoms. The van der Waals surface area contributed by atoms with E-state index in [0.29, 0.717) is 17.1 Å². The number of thiazole rings is 1. The number of hydrogen-bond donors (Lipinski definition) is 2. The molecule has 6 nitrogen and oxygen atoms in total. The average molecular weight is 366 g/mol. The molecule has 26 heavy (non-hydrogen) atoms. The number of aromatic nitrogens is 3. The molecule has 2 aromatic heterocycles. The van der Waals surface area contributed by atoms with Gasteiger partial charge < -0.3 is 0 Å². The van der Waals surface area contributed by atoms with E-state index in [1.165, 1.54) is 11.3 Å². The zero-order valence-electron chi connectivity index (χ0n) is 14.1. The lowest BCUT2D eigenvalue weighted by Gasteiger charge is -2.18. The number of H-pyrrole nitrogens is 1. The lowest BCUT2D eigenvalue weighted by molar-refractivity contribution is 0.102. The number of carbonyl (C=O) groups is 1. The third kappa shape index (κ3) is 3.30. The molecule has 1 amide bonds. The highest BCUT2D eigenvalue weighted by atomic mass is 32.1. The highest BCUT2D eigenvalue weighted by Crippen LogP contribution is 2.23. The number of nitrogens with zero attached hydrogens (tertiary/aromatic N) is 2. The second-order valence-electron chi connectivity index (χ2n) is 6.29. The van der Waals surface area contributed by atoms with Gasteiger partial charge in [-0.05, 0) is 42.9 Å². The highest BCUT2D eigenvalue weighted by molar-refractivity contribution is 7.13. The van der Waals surface area contributed by atoms with Crippen LogP contribution >= 0.6 is 11.3 Å². The van der Waals surface area contributed by atoms with Crippen molar-refractivity contribution >= 4 is 22.4 Å². The van der Waals surface area contributed by atoms with Crippen molar-refractivity contribution in [2.75, 3.05) is 5.32 Å². The van der Waals surface area contributed by atoms with Crippen molar-refractivity contribution in [3.63, 3.8) is 0 Å². The van der Waals surface area contributed by atoms with Crippen molar-refractivity contribution in [1.82, 2.24) is 15.2 Å². The van der Waals surface area contributed by atoms with Gasteiger partial charge in [-0.1, -0.05) is 18.2 Å². The number of fused-ring (bicyclic) bond motifs is 1. The lowest BCUT2D eigenvalue weighted by Crippen LogP contribution is -2.23. The zero-order valence-corrected chi connectivity index (χ0v) is 14.9. The van der Waals surface area contributed by atoms with Crippen LogP contribution in [0.25, 0.3) is 0 Å². The van der Waals surface area contributed by atoms with Crippen LogP contribution in [0.2, 0.25) is 0 Å². The summed E-state index contributed by atoms with van der Waals surface area (Å²) in [5.41, 5.74) is 4.15. The fourth-order valence-corrected chi connectivity index (χ4v) is 3.92. The van der Waals surface area contributed by atoms with E-state index in [9.17, 15) is 9.59 Å². The van der Waals surface area contributed by atoms with Gasteiger partial charge in [0.1, 0.15) is 0 Å². The van der Waals surface area contributed by atoms with Crippen molar-refractivity contribution in [2.24, 2.45) is 0 Å². The van der Waals surface area contributed by atoms with Crippen molar-refractivity contribution < 1.29 is 4.79 Å². The van der Waals surface area contributed by atoms with Crippen LogP contribution in [0, 0.1) is 0 Å². The van der Waals surface area contributed by atoms with E-state index in [-0.39, 0.29) is 11.5 Å². The number of hydrogen-bond acceptors (Lipinski definition) is 5. The van der Waals surface area contributed by atoms with E-state index in [1.807, 2.05) is 23.6 Å². The van der Waals surface area contributed by atoms with E-state index in [1.54, 1.807) is 12.3 Å². The Kier molecular flexibility index (Phi) is 4.62. The minimum Gasteiger partial charge on any atom is -0.298 e. The van der Waals surface area contributed by atoms with E-state index in [0.717, 1.165) is 48.1 Å². The van der Waals surface area contributed by atoms with Crippen LogP contribution in [-0.2, 0) is 19.3 Å². The molecule has 132 valence electrons. The van der Waals surface area contributed by atoms with Gasteiger partial charge in [0.2, 0.25) is 0 Å². The van der Waals surface area contributed by atoms with Gasteiger partial charge in [-0.2, -0.15) is 5.10 Å². The number of amides is 1. The molecule has 0 bridgehead atoms. The third-order valence-corrected chi connectivity index (χ3v) is 5.34. The molecule has 1 aliphatic rings. The molecule has 2 N–H and O–H groups in total. The van der Waals surface area contributed by atoms with E-state index < -0.39 is 0 Å². The van der Waals surface area contributed by atoms with E-state index in [2.05, 4.69) is 20.5 Å². The normalized spacial score (nSPS) is 13.2. The van der Waals surface area contributed by atoms with Crippen LogP contribution in [0.3, 0.4) is 0 Å². The standard InChI is InChI=1S/C19H18N4O2S/c24-17(21-19-20-9-10-26-19)13-6-2-1-5-12(13)11-16-14-7-3-4-8-15(14)18(25)23-22-16/h1-2,5-6,9-10H,3-4,7-8,11H2,(H,23,25)(H,20,21,24). The smallest absolute Gasteiger partial charge is 0.267 e. The molecule has 0 aliphatic heterocycles. The molecule has 3 aromatic rings. The Bertz CT molecular complexity index is 995. The predicted molar refractivity (Wildman–Crippen MR) is 101 cm³/mol. The first-order chi connectivity index (χ1) is 12.7. The largest absolute Gasteiger partial charge is 0.298 e. The quantitative estimate of drug-likeness (QED) is 0.743. The monoisotopic (exact) mass is 366 g/mol. The lowest BCUT2D eigenvalue weighted by atomic mass is 9.89. The maximum atomic E-state index is 12.6. The van der Waals surface area contributed by atoms with Crippen LogP contribution in [0.5, 0.6) is 0 Å². The van der Waals surface area contributed by atoms with E-state index >= 15 is 0 Å². The molecular formula is C19H18N4O2S. The van der Waals surface area contributed by atoms with Gasteiger partial charge in [0.15, 0.2) is 5.13 Å². The van der Waals surface area contributed by atoms with Crippen LogP contribution in [0.4, 0.5) is 5.13 Å². The number of nitrogens with one attached hydrogen (secondary N) is 2. The summed E-state index contributed by atoms with van der Waals surface area (Å²) in [5.74, 6) is -0.186. The molecule has 0 saturated heterocycles. The Hall–Kier alpha value is -2.80. The first-order valence-electron chi connectivity index (χ1n) is 8.60. The summed E-state index contributed by atoms with van der Waals surface area (Å²) in [7, 11) is 0. The molecule has 0 atom stereocenters. The topological polar surface area (TPSA) is 87.7 Å². The number of aromatic amines is 1. The molecule has 0 saturated carbocycles. The highest BCUT2D eigenvalue weighted by Gasteiger charge is 2.20. The molecule has 2 heterocycles. The van der Waals surface area contributed by atoms with Gasteiger partial charge in [0.05, 0.1) is 5.69 Å². The molecule has 0 radical (unpaired) electrons. The molecule has 0 fully saturated rings. The molecule has 1 aliphatic carbocycles. The van der Waals surface area contributed by atoms with Crippen molar-refractivity contribution in [2.45, 2.75) is 32.1 Å². The maximum Gasteiger partial charge on any atom is 0.267 e. The minimum absolute atomic E-state index is 0.0850. The van der Waals surface area contributed by atoms with Gasteiger partial charge >= 0.3 is 0 Å². The van der Waals surface area contributed by atoms with Crippen LogP contribution < -0.4 is 10.9 Å². The maximum absolute atomic E-state index is 12.6. The molecule has 1 aromatic carbocycles. The molecular weight excluding hydrogens is 348 g/mol. The average Bonchev–Trinajstić information content (AvgIpc) is 3.18. The molecule has 7 heteroatoms. The van der Waals surface area contributed by atoms with Crippen LogP contribution in [0.15, 0.2) is 40.6 Å². The third-order valence-electron chi connectivity index (χ3n) is 4.66. The van der Waals surface area contributed by atoms with Crippen molar-refractivity contribution in [3.05, 3.63) is 74.1 Å². The summed E-state index contributed by atoms with van der Waals surface area (Å²) >= 11 is 1.38. The second kappa shape index (κ2) is 7.21. The Labute approximate surface area is 154 Å². The number of carbonyl (C=O) groups excluding carboxylic acids is 1. The fourth-order valence-electron chi connectivity index (χ4n) is 3.40. The minimum atomic E-state index is -0.186. The van der Waals surface area contributed by atoms with Gasteiger partial charge in [-0.25, -0.2) is 10.1 Å². The Morgan fingerprint density at radius 3 is 2.81 bits per heavy atom. The Morgan fingerprint density at radius 1 is 1.19 bits per heavy atom. The van der Waals surface area contributed by atoms with Crippen LogP contribution in [0.1, 0.15) is 45.6 Å². The Balaban J connectivity index is 1.66. The fraction of sp³-hybridized carbons (Fsp3) is 0.263. The summed E-state index contributed by atoms with van der Waals surface area (Å²) < 4.78 is 0. The van der Waals surface area contributed by atoms with E-state index in [4.69, 9.17) is 0 Å². The Morgan fingerprint density at radius 2 is 2.00 bits per heavy atom. The summed E-state index contributed by atoms with van der Waals surface area (Å²) in [4.78, 5) is 28.8. The van der Waals surface area contributed by atoms with Gasteiger partial charge in [0, 0.05) is 29.1 Å². The number of benzene rings is 1. The van der Waals surface area contributed by atoms with Gasteiger partial charge in [-0.15, -0.1) is 11.3 Å². The number of rotatable bonds is 4. The van der Waals surface area contributed by atoms with Crippen molar-refractivity contribution in [1.29, 1.82) is 0 Å². The first kappa shape index (κ1) is 16.7.